The van der Waals surface area contributed by atoms with Crippen LogP contribution in [0.5, 0.6) is 0 Å². The minimum Gasteiger partial charge on any atom is -0.314 e. The predicted molar refractivity (Wildman–Crippen MR) is 147 cm³/mol. The SMILES string of the molecule is CCCCCCCCCCCC=CCCCCCCCCCC(CCC)(P(=O)=O)[N+](C)(C)C. The van der Waals surface area contributed by atoms with Crippen LogP contribution in [0, 0.1) is 0 Å². The average molecular weight is 485 g/mol. The fourth-order valence-corrected chi connectivity index (χ4v) is 6.22. The topological polar surface area (TPSA) is 34.1 Å². The summed E-state index contributed by atoms with van der Waals surface area (Å²) in [5.41, 5.74) is 0. The van der Waals surface area contributed by atoms with Gasteiger partial charge in [0.1, 0.15) is 0 Å². The first-order valence-corrected chi connectivity index (χ1v) is 15.6. The Morgan fingerprint density at radius 3 is 1.30 bits per heavy atom. The Kier molecular flexibility index (Phi) is 20.7. The van der Waals surface area contributed by atoms with Gasteiger partial charge in [0, 0.05) is 12.8 Å². The first-order valence-electron chi connectivity index (χ1n) is 14.4. The maximum Gasteiger partial charge on any atom is 0.378 e. The second-order valence-electron chi connectivity index (χ2n) is 11.1. The van der Waals surface area contributed by atoms with Crippen LogP contribution in [0.2, 0.25) is 0 Å². The highest BCUT2D eigenvalue weighted by Gasteiger charge is 2.47. The van der Waals surface area contributed by atoms with E-state index in [1.165, 1.54) is 103 Å². The molecule has 0 aliphatic rings. The van der Waals surface area contributed by atoms with E-state index in [0.29, 0.717) is 4.48 Å². The zero-order valence-electron chi connectivity index (χ0n) is 23.2. The standard InChI is InChI=1S/C29H59NO2P/c1-6-8-9-10-11-12-13-14-15-16-17-18-19-20-21-22-23-24-25-26-28-29(27-7-2,33(31)32)30(3,4)5/h17-18H,6-16,19-28H2,1-5H3/q+1. The van der Waals surface area contributed by atoms with Crippen LogP contribution in [-0.2, 0) is 9.13 Å². The number of hydrogen-bond acceptors (Lipinski definition) is 2. The fraction of sp³-hybridized carbons (Fsp3) is 0.931. The maximum atomic E-state index is 12.1. The highest BCUT2D eigenvalue weighted by atomic mass is 31.1. The number of hydrogen-bond donors (Lipinski definition) is 0. The van der Waals surface area contributed by atoms with Gasteiger partial charge in [-0.15, -0.1) is 0 Å². The molecule has 33 heavy (non-hydrogen) atoms. The molecular weight excluding hydrogens is 425 g/mol. The molecular formula is C29H59NO2P+. The molecule has 0 saturated heterocycles. The first kappa shape index (κ1) is 32.6. The van der Waals surface area contributed by atoms with E-state index in [1.807, 2.05) is 21.1 Å². The van der Waals surface area contributed by atoms with Gasteiger partial charge < -0.3 is 4.48 Å². The summed E-state index contributed by atoms with van der Waals surface area (Å²) in [6.07, 6.45) is 31.1. The molecule has 3 nitrogen and oxygen atoms in total. The highest BCUT2D eigenvalue weighted by molar-refractivity contribution is 7.32. The lowest BCUT2D eigenvalue weighted by Crippen LogP contribution is -2.53. The third-order valence-corrected chi connectivity index (χ3v) is 9.05. The minimum atomic E-state index is -2.42. The van der Waals surface area contributed by atoms with Crippen molar-refractivity contribution in [2.75, 3.05) is 21.1 Å². The van der Waals surface area contributed by atoms with E-state index in [2.05, 4.69) is 26.0 Å². The normalized spacial score (nSPS) is 14.1. The van der Waals surface area contributed by atoms with Gasteiger partial charge in [0.05, 0.1) is 21.1 Å². The summed E-state index contributed by atoms with van der Waals surface area (Å²) < 4.78 is 24.7. The summed E-state index contributed by atoms with van der Waals surface area (Å²) in [5.74, 6) is 0. The van der Waals surface area contributed by atoms with Crippen molar-refractivity contribution in [2.45, 2.75) is 154 Å². The molecule has 0 aliphatic carbocycles. The van der Waals surface area contributed by atoms with Gasteiger partial charge in [-0.25, -0.2) is 9.13 Å². The van der Waals surface area contributed by atoms with Gasteiger partial charge in [0.15, 0.2) is 0 Å². The molecule has 0 aromatic carbocycles. The Morgan fingerprint density at radius 2 is 0.939 bits per heavy atom. The zero-order valence-corrected chi connectivity index (χ0v) is 24.1. The Balaban J connectivity index is 3.62. The van der Waals surface area contributed by atoms with Crippen LogP contribution in [0.4, 0.5) is 0 Å². The van der Waals surface area contributed by atoms with E-state index in [1.54, 1.807) is 0 Å². The van der Waals surface area contributed by atoms with Crippen molar-refractivity contribution in [1.82, 2.24) is 0 Å². The summed E-state index contributed by atoms with van der Waals surface area (Å²) in [6, 6.07) is 0. The summed E-state index contributed by atoms with van der Waals surface area (Å²) in [7, 11) is 3.68. The van der Waals surface area contributed by atoms with Gasteiger partial charge in [0.2, 0.25) is 5.28 Å². The second kappa shape index (κ2) is 20.9. The molecule has 0 saturated carbocycles. The van der Waals surface area contributed by atoms with E-state index in [0.717, 1.165) is 32.1 Å². The molecule has 0 aromatic heterocycles. The van der Waals surface area contributed by atoms with Crippen molar-refractivity contribution in [3.63, 3.8) is 0 Å². The average Bonchev–Trinajstić information content (AvgIpc) is 2.76. The van der Waals surface area contributed by atoms with Crippen molar-refractivity contribution in [2.24, 2.45) is 0 Å². The monoisotopic (exact) mass is 484 g/mol. The van der Waals surface area contributed by atoms with Gasteiger partial charge in [-0.2, -0.15) is 0 Å². The lowest BCUT2D eigenvalue weighted by Gasteiger charge is -2.41. The van der Waals surface area contributed by atoms with Crippen LogP contribution in [0.15, 0.2) is 12.2 Å². The lowest BCUT2D eigenvalue weighted by atomic mass is 9.99. The number of rotatable bonds is 24. The molecule has 0 amide bonds. The number of allylic oxidation sites excluding steroid dienone is 2. The van der Waals surface area contributed by atoms with Crippen LogP contribution < -0.4 is 0 Å². The molecule has 4 heteroatoms. The van der Waals surface area contributed by atoms with Crippen molar-refractivity contribution < 1.29 is 13.6 Å². The van der Waals surface area contributed by atoms with E-state index in [9.17, 15) is 9.13 Å². The number of quaternary nitrogens is 1. The number of unbranched alkanes of at least 4 members (excludes halogenated alkanes) is 16. The molecule has 0 radical (unpaired) electrons. The maximum absolute atomic E-state index is 12.1. The van der Waals surface area contributed by atoms with Gasteiger partial charge in [0.25, 0.3) is 0 Å². The van der Waals surface area contributed by atoms with Gasteiger partial charge in [-0.3, -0.25) is 0 Å². The minimum absolute atomic E-state index is 0.520. The van der Waals surface area contributed by atoms with E-state index in [4.69, 9.17) is 0 Å². The van der Waals surface area contributed by atoms with Crippen molar-refractivity contribution in [1.29, 1.82) is 0 Å². The van der Waals surface area contributed by atoms with Crippen LogP contribution >= 0.6 is 7.68 Å². The Hall–Kier alpha value is -0.400. The van der Waals surface area contributed by atoms with Crippen LogP contribution in [0.1, 0.15) is 149 Å². The Bertz CT molecular complexity index is 528. The molecule has 196 valence electrons. The predicted octanol–water partition coefficient (Wildman–Crippen LogP) is 10.3. The number of nitrogens with zero attached hydrogens (tertiary/aromatic N) is 1. The fourth-order valence-electron chi connectivity index (χ4n) is 4.99. The smallest absolute Gasteiger partial charge is 0.314 e. The third kappa shape index (κ3) is 16.0. The van der Waals surface area contributed by atoms with Crippen molar-refractivity contribution in [3.05, 3.63) is 12.2 Å². The summed E-state index contributed by atoms with van der Waals surface area (Å²) in [4.78, 5) is 0. The molecule has 1 atom stereocenters. The van der Waals surface area contributed by atoms with E-state index < -0.39 is 13.0 Å². The van der Waals surface area contributed by atoms with E-state index >= 15 is 0 Å². The van der Waals surface area contributed by atoms with Gasteiger partial charge >= 0.3 is 7.68 Å². The summed E-state index contributed by atoms with van der Waals surface area (Å²) >= 11 is 0. The molecule has 0 N–H and O–H groups in total. The third-order valence-electron chi connectivity index (χ3n) is 7.33. The second-order valence-corrected chi connectivity index (χ2v) is 12.5. The summed E-state index contributed by atoms with van der Waals surface area (Å²) in [5, 5.41) is -0.593. The van der Waals surface area contributed by atoms with Gasteiger partial charge in [-0.05, 0) is 38.5 Å². The molecule has 0 aliphatic heterocycles. The Labute approximate surface area is 208 Å². The van der Waals surface area contributed by atoms with Crippen LogP contribution in [0.25, 0.3) is 0 Å². The van der Waals surface area contributed by atoms with Crippen molar-refractivity contribution >= 4 is 7.68 Å². The van der Waals surface area contributed by atoms with E-state index in [-0.39, 0.29) is 0 Å². The molecule has 0 spiro atoms. The highest BCUT2D eigenvalue weighted by Crippen LogP contribution is 2.44. The largest absolute Gasteiger partial charge is 0.378 e. The molecule has 0 aromatic rings. The first-order chi connectivity index (χ1) is 15.8. The Morgan fingerprint density at radius 1 is 0.545 bits per heavy atom. The quantitative estimate of drug-likeness (QED) is 0.0591. The van der Waals surface area contributed by atoms with Crippen LogP contribution in [-0.4, -0.2) is 30.9 Å². The van der Waals surface area contributed by atoms with Crippen molar-refractivity contribution in [3.8, 4) is 0 Å². The molecule has 0 heterocycles. The van der Waals surface area contributed by atoms with Crippen LogP contribution in [0.3, 0.4) is 0 Å². The molecule has 0 rings (SSSR count). The molecule has 0 bridgehead atoms. The lowest BCUT2D eigenvalue weighted by molar-refractivity contribution is -0.908. The molecule has 1 unspecified atom stereocenters. The molecule has 0 fully saturated rings. The zero-order chi connectivity index (χ0) is 24.8. The summed E-state index contributed by atoms with van der Waals surface area (Å²) in [6.45, 7) is 4.38. The van der Waals surface area contributed by atoms with Gasteiger partial charge in [-0.1, -0.05) is 109 Å².